The maximum Gasteiger partial charge on any atom is 0.299 e. The summed E-state index contributed by atoms with van der Waals surface area (Å²) in [6.45, 7) is -0.369. The third-order valence-electron chi connectivity index (χ3n) is 6.07. The van der Waals surface area contributed by atoms with Crippen molar-refractivity contribution in [1.29, 1.82) is 0 Å². The minimum atomic E-state index is -0.793. The Morgan fingerprint density at radius 3 is 2.49 bits per heavy atom. The summed E-state index contributed by atoms with van der Waals surface area (Å²) in [5, 5.41) is 6.20. The standard InChI is InChI=1S/C26H19ClFN3O4/c1-35-19-9-4-16(5-10-19)23-13-21(15-2-7-18(28)8-3-15)29-31(23)24(32)14-30-22-11-6-17(27)12-20(22)25(33)26(30)34/h2-12,23H,13-14H2,1H3. The predicted octanol–water partition coefficient (Wildman–Crippen LogP) is 4.39. The van der Waals surface area contributed by atoms with Gasteiger partial charge in [0.2, 0.25) is 0 Å². The molecule has 9 heteroatoms. The zero-order valence-electron chi connectivity index (χ0n) is 18.6. The predicted molar refractivity (Wildman–Crippen MR) is 128 cm³/mol. The van der Waals surface area contributed by atoms with Crippen LogP contribution < -0.4 is 9.64 Å². The van der Waals surface area contributed by atoms with Crippen LogP contribution in [-0.4, -0.2) is 42.0 Å². The van der Waals surface area contributed by atoms with Gasteiger partial charge in [0.15, 0.2) is 0 Å². The largest absolute Gasteiger partial charge is 0.497 e. The van der Waals surface area contributed by atoms with Crippen molar-refractivity contribution in [1.82, 2.24) is 5.01 Å². The zero-order valence-corrected chi connectivity index (χ0v) is 19.3. The molecule has 2 aliphatic rings. The highest BCUT2D eigenvalue weighted by Gasteiger charge is 2.40. The summed E-state index contributed by atoms with van der Waals surface area (Å²) in [7, 11) is 1.57. The second-order valence-electron chi connectivity index (χ2n) is 8.17. The lowest BCUT2D eigenvalue weighted by Crippen LogP contribution is -2.40. The number of ketones is 1. The fourth-order valence-corrected chi connectivity index (χ4v) is 4.45. The summed E-state index contributed by atoms with van der Waals surface area (Å²) >= 11 is 5.98. The number of rotatable bonds is 5. The Kier molecular flexibility index (Phi) is 5.82. The van der Waals surface area contributed by atoms with Gasteiger partial charge >= 0.3 is 0 Å². The van der Waals surface area contributed by atoms with Crippen LogP contribution in [0.1, 0.15) is 33.9 Å². The number of fused-ring (bicyclic) bond motifs is 1. The molecular weight excluding hydrogens is 473 g/mol. The molecule has 0 saturated carbocycles. The van der Waals surface area contributed by atoms with Crippen molar-refractivity contribution in [2.24, 2.45) is 5.10 Å². The molecule has 0 radical (unpaired) electrons. The number of hydrogen-bond donors (Lipinski definition) is 0. The number of benzene rings is 3. The van der Waals surface area contributed by atoms with Crippen LogP contribution >= 0.6 is 11.6 Å². The first-order valence-corrected chi connectivity index (χ1v) is 11.2. The molecule has 7 nitrogen and oxygen atoms in total. The zero-order chi connectivity index (χ0) is 24.7. The molecule has 35 heavy (non-hydrogen) atoms. The molecule has 1 unspecified atom stereocenters. The fourth-order valence-electron chi connectivity index (χ4n) is 4.28. The molecule has 1 atom stereocenters. The van der Waals surface area contributed by atoms with Crippen LogP contribution in [0.2, 0.25) is 5.02 Å². The highest BCUT2D eigenvalue weighted by atomic mass is 35.5. The average Bonchev–Trinajstić information content (AvgIpc) is 3.41. The van der Waals surface area contributed by atoms with Gasteiger partial charge in [-0.05, 0) is 53.6 Å². The molecule has 0 fully saturated rings. The molecule has 2 amide bonds. The van der Waals surface area contributed by atoms with Crippen molar-refractivity contribution in [2.75, 3.05) is 18.6 Å². The Balaban J connectivity index is 1.47. The summed E-state index contributed by atoms with van der Waals surface area (Å²) in [5.41, 5.74) is 2.61. The summed E-state index contributed by atoms with van der Waals surface area (Å²) in [6, 6.07) is 17.2. The number of carbonyl (C=O) groups excluding carboxylic acids is 3. The molecule has 0 saturated heterocycles. The van der Waals surface area contributed by atoms with Gasteiger partial charge in [-0.3, -0.25) is 19.3 Å². The molecule has 2 aliphatic heterocycles. The van der Waals surface area contributed by atoms with Crippen LogP contribution in [-0.2, 0) is 9.59 Å². The van der Waals surface area contributed by atoms with Crippen molar-refractivity contribution in [3.63, 3.8) is 0 Å². The smallest absolute Gasteiger partial charge is 0.299 e. The summed E-state index contributed by atoms with van der Waals surface area (Å²) in [6.07, 6.45) is 0.392. The van der Waals surface area contributed by atoms with Crippen molar-refractivity contribution in [2.45, 2.75) is 12.5 Å². The molecule has 2 heterocycles. The number of methoxy groups -OCH3 is 1. The van der Waals surface area contributed by atoms with Gasteiger partial charge in [0.05, 0.1) is 30.1 Å². The Labute approximate surface area is 205 Å². The normalized spacial score (nSPS) is 17.0. The molecule has 176 valence electrons. The highest BCUT2D eigenvalue weighted by Crippen LogP contribution is 2.35. The van der Waals surface area contributed by atoms with E-state index in [2.05, 4.69) is 5.10 Å². The molecule has 0 aromatic heterocycles. The number of nitrogens with zero attached hydrogens (tertiary/aromatic N) is 3. The van der Waals surface area contributed by atoms with Crippen molar-refractivity contribution >= 4 is 40.6 Å². The molecule has 0 bridgehead atoms. The number of amides is 2. The number of halogens is 2. The Morgan fingerprint density at radius 1 is 1.09 bits per heavy atom. The molecule has 0 N–H and O–H groups in total. The van der Waals surface area contributed by atoms with Crippen molar-refractivity contribution in [3.05, 3.63) is 94.3 Å². The lowest BCUT2D eigenvalue weighted by Gasteiger charge is -2.25. The van der Waals surface area contributed by atoms with Gasteiger partial charge in [0.25, 0.3) is 17.6 Å². The summed E-state index contributed by atoms with van der Waals surface area (Å²) < 4.78 is 18.7. The third-order valence-corrected chi connectivity index (χ3v) is 6.31. The lowest BCUT2D eigenvalue weighted by atomic mass is 9.98. The number of hydrazone groups is 1. The third kappa shape index (κ3) is 4.17. The van der Waals surface area contributed by atoms with E-state index in [9.17, 15) is 18.8 Å². The molecule has 3 aromatic carbocycles. The quantitative estimate of drug-likeness (QED) is 0.496. The number of Topliss-reactive ketones (excluding diaryl/α,β-unsaturated/α-hetero) is 1. The average molecular weight is 492 g/mol. The van der Waals surface area contributed by atoms with Gasteiger partial charge in [-0.25, -0.2) is 9.40 Å². The van der Waals surface area contributed by atoms with E-state index in [-0.39, 0.29) is 17.9 Å². The van der Waals surface area contributed by atoms with E-state index >= 15 is 0 Å². The number of anilines is 1. The Hall–Kier alpha value is -4.04. The number of ether oxygens (including phenoxy) is 1. The lowest BCUT2D eigenvalue weighted by molar-refractivity contribution is -0.132. The van der Waals surface area contributed by atoms with Gasteiger partial charge in [-0.2, -0.15) is 5.10 Å². The van der Waals surface area contributed by atoms with E-state index in [4.69, 9.17) is 16.3 Å². The number of hydrogen-bond acceptors (Lipinski definition) is 5. The van der Waals surface area contributed by atoms with Crippen LogP contribution in [0.4, 0.5) is 10.1 Å². The SMILES string of the molecule is COc1ccc(C2CC(c3ccc(F)cc3)=NN2C(=O)CN2C(=O)C(=O)c3cc(Cl)ccc32)cc1. The summed E-state index contributed by atoms with van der Waals surface area (Å²) in [5.74, 6) is -1.67. The Bertz CT molecular complexity index is 1370. The van der Waals surface area contributed by atoms with Gasteiger partial charge in [-0.1, -0.05) is 35.9 Å². The van der Waals surface area contributed by atoms with E-state index in [1.54, 1.807) is 43.5 Å². The molecule has 3 aromatic rings. The van der Waals surface area contributed by atoms with Gasteiger partial charge < -0.3 is 4.74 Å². The van der Waals surface area contributed by atoms with Gasteiger partial charge in [0.1, 0.15) is 18.1 Å². The minimum absolute atomic E-state index is 0.166. The van der Waals surface area contributed by atoms with Crippen LogP contribution in [0, 0.1) is 5.82 Å². The highest BCUT2D eigenvalue weighted by molar-refractivity contribution is 6.53. The van der Waals surface area contributed by atoms with E-state index in [1.807, 2.05) is 12.1 Å². The van der Waals surface area contributed by atoms with E-state index < -0.39 is 23.6 Å². The molecule has 5 rings (SSSR count). The Morgan fingerprint density at radius 2 is 1.80 bits per heavy atom. The van der Waals surface area contributed by atoms with Crippen molar-refractivity contribution in [3.8, 4) is 5.75 Å². The van der Waals surface area contributed by atoms with Gasteiger partial charge in [0, 0.05) is 11.4 Å². The van der Waals surface area contributed by atoms with Crippen LogP contribution in [0.5, 0.6) is 5.75 Å². The second-order valence-corrected chi connectivity index (χ2v) is 8.60. The van der Waals surface area contributed by atoms with Crippen LogP contribution in [0.15, 0.2) is 71.8 Å². The molecule has 0 spiro atoms. The van der Waals surface area contributed by atoms with Crippen molar-refractivity contribution < 1.29 is 23.5 Å². The molecular formula is C26H19ClFN3O4. The first-order valence-electron chi connectivity index (χ1n) is 10.8. The number of carbonyl (C=O) groups is 3. The fraction of sp³-hybridized carbons (Fsp3) is 0.154. The van der Waals surface area contributed by atoms with Crippen LogP contribution in [0.3, 0.4) is 0 Å². The van der Waals surface area contributed by atoms with Crippen LogP contribution in [0.25, 0.3) is 0 Å². The molecule has 0 aliphatic carbocycles. The topological polar surface area (TPSA) is 79.3 Å². The van der Waals surface area contributed by atoms with E-state index in [0.29, 0.717) is 34.2 Å². The monoisotopic (exact) mass is 491 g/mol. The first-order chi connectivity index (χ1) is 16.9. The maximum absolute atomic E-state index is 13.5. The maximum atomic E-state index is 13.5. The van der Waals surface area contributed by atoms with E-state index in [1.165, 1.54) is 23.2 Å². The first kappa shape index (κ1) is 22.7. The second kappa shape index (κ2) is 8.96. The summed E-state index contributed by atoms with van der Waals surface area (Å²) in [4.78, 5) is 39.7. The minimum Gasteiger partial charge on any atom is -0.497 e. The van der Waals surface area contributed by atoms with Gasteiger partial charge in [-0.15, -0.1) is 0 Å². The van der Waals surface area contributed by atoms with E-state index in [0.717, 1.165) is 10.5 Å².